The van der Waals surface area contributed by atoms with E-state index in [1.807, 2.05) is 0 Å². The van der Waals surface area contributed by atoms with Crippen molar-refractivity contribution < 1.29 is 22.1 Å². The Morgan fingerprint density at radius 2 is 1.86 bits per heavy atom. The molecule has 0 saturated carbocycles. The topological polar surface area (TPSA) is 118 Å². The standard InChI is InChI=1S/C24H15Cl2FN4O5S/c1-35-24-20(12-18(26)23(29-24)14-8-15(25)11-16(27)9-14)31(21-6-7-36-30-21)37(33,34)17-3-4-19-13(10-17)2-5-22(32)28-19/h2-12H,1H3,(H,28,32). The van der Waals surface area contributed by atoms with Crippen molar-refractivity contribution in [2.45, 2.75) is 4.90 Å². The summed E-state index contributed by atoms with van der Waals surface area (Å²) >= 11 is 12.5. The van der Waals surface area contributed by atoms with Crippen LogP contribution in [-0.2, 0) is 10.0 Å². The lowest BCUT2D eigenvalue weighted by molar-refractivity contribution is 0.399. The number of H-pyrrole nitrogens is 1. The molecule has 5 aromatic rings. The van der Waals surface area contributed by atoms with Gasteiger partial charge in [0.25, 0.3) is 10.0 Å². The Kier molecular flexibility index (Phi) is 6.36. The summed E-state index contributed by atoms with van der Waals surface area (Å²) in [4.78, 5) is 18.5. The molecule has 0 aliphatic heterocycles. The second-order valence-corrected chi connectivity index (χ2v) is 10.3. The maximum absolute atomic E-state index is 14.0. The first-order valence-corrected chi connectivity index (χ1v) is 12.7. The molecule has 13 heteroatoms. The van der Waals surface area contributed by atoms with E-state index in [0.29, 0.717) is 10.9 Å². The maximum Gasteiger partial charge on any atom is 0.270 e. The minimum Gasteiger partial charge on any atom is -0.479 e. The van der Waals surface area contributed by atoms with E-state index in [-0.39, 0.29) is 49.1 Å². The summed E-state index contributed by atoms with van der Waals surface area (Å²) in [7, 11) is -3.07. The van der Waals surface area contributed by atoms with Crippen LogP contribution in [0, 0.1) is 5.82 Å². The van der Waals surface area contributed by atoms with E-state index >= 15 is 0 Å². The number of aromatic amines is 1. The number of sulfonamides is 1. The number of nitrogens with zero attached hydrogens (tertiary/aromatic N) is 3. The summed E-state index contributed by atoms with van der Waals surface area (Å²) in [6.45, 7) is 0. The molecule has 5 rings (SSSR count). The van der Waals surface area contributed by atoms with Gasteiger partial charge in [-0.3, -0.25) is 4.79 Å². The summed E-state index contributed by atoms with van der Waals surface area (Å²) in [6, 6.07) is 13.4. The molecule has 2 aromatic carbocycles. The lowest BCUT2D eigenvalue weighted by Gasteiger charge is -2.24. The number of ether oxygens (including phenoxy) is 1. The third kappa shape index (κ3) is 4.64. The molecule has 9 nitrogen and oxygen atoms in total. The van der Waals surface area contributed by atoms with Gasteiger partial charge in [-0.1, -0.05) is 28.4 Å². The van der Waals surface area contributed by atoms with E-state index in [9.17, 15) is 17.6 Å². The molecule has 0 saturated heterocycles. The molecule has 3 heterocycles. The zero-order chi connectivity index (χ0) is 26.3. The monoisotopic (exact) mass is 560 g/mol. The van der Waals surface area contributed by atoms with E-state index < -0.39 is 15.8 Å². The lowest BCUT2D eigenvalue weighted by Crippen LogP contribution is -2.27. The van der Waals surface area contributed by atoms with Crippen LogP contribution in [0.15, 0.2) is 81.1 Å². The van der Waals surface area contributed by atoms with Crippen molar-refractivity contribution in [2.24, 2.45) is 0 Å². The predicted octanol–water partition coefficient (Wildman–Crippen LogP) is 5.56. The number of rotatable bonds is 6. The minimum absolute atomic E-state index is 0.00255. The van der Waals surface area contributed by atoms with Crippen molar-refractivity contribution in [3.8, 4) is 17.1 Å². The molecule has 0 radical (unpaired) electrons. The van der Waals surface area contributed by atoms with Crippen LogP contribution in [0.3, 0.4) is 0 Å². The second kappa shape index (κ2) is 9.51. The van der Waals surface area contributed by atoms with Gasteiger partial charge in [0.15, 0.2) is 5.82 Å². The summed E-state index contributed by atoms with van der Waals surface area (Å²) in [6.07, 6.45) is 1.20. The summed E-state index contributed by atoms with van der Waals surface area (Å²) in [5.41, 5.74) is 0.446. The molecule has 188 valence electrons. The summed E-state index contributed by atoms with van der Waals surface area (Å²) in [5.74, 6) is -0.844. The SMILES string of the molecule is COc1nc(-c2cc(F)cc(Cl)c2)c(Cl)cc1N(c1ccon1)S(=O)(=O)c1ccc2[nH]c(=O)ccc2c1. The first kappa shape index (κ1) is 24.8. The molecular formula is C24H15Cl2FN4O5S. The van der Waals surface area contributed by atoms with Gasteiger partial charge in [0.1, 0.15) is 17.8 Å². The van der Waals surface area contributed by atoms with E-state index in [4.69, 9.17) is 32.5 Å². The van der Waals surface area contributed by atoms with Gasteiger partial charge in [-0.15, -0.1) is 0 Å². The van der Waals surface area contributed by atoms with Crippen LogP contribution in [0.4, 0.5) is 15.9 Å². The van der Waals surface area contributed by atoms with Crippen LogP contribution in [-0.4, -0.2) is 30.7 Å². The Labute approximate surface area is 219 Å². The van der Waals surface area contributed by atoms with Crippen LogP contribution in [0.1, 0.15) is 0 Å². The molecular weight excluding hydrogens is 546 g/mol. The highest BCUT2D eigenvalue weighted by Crippen LogP contribution is 2.42. The van der Waals surface area contributed by atoms with Gasteiger partial charge in [-0.2, -0.15) is 0 Å². The fourth-order valence-electron chi connectivity index (χ4n) is 3.74. The van der Waals surface area contributed by atoms with Crippen LogP contribution in [0.25, 0.3) is 22.2 Å². The van der Waals surface area contributed by atoms with Gasteiger partial charge in [0.05, 0.1) is 22.7 Å². The quantitative estimate of drug-likeness (QED) is 0.288. The number of hydrogen-bond acceptors (Lipinski definition) is 7. The van der Waals surface area contributed by atoms with Crippen LogP contribution >= 0.6 is 23.2 Å². The number of methoxy groups -OCH3 is 1. The summed E-state index contributed by atoms with van der Waals surface area (Å²) < 4.78 is 53.1. The third-order valence-corrected chi connectivity index (χ3v) is 7.56. The Bertz CT molecular complexity index is 1790. The van der Waals surface area contributed by atoms with Gasteiger partial charge in [-0.25, -0.2) is 22.1 Å². The molecule has 0 bridgehead atoms. The van der Waals surface area contributed by atoms with Crippen molar-refractivity contribution in [1.29, 1.82) is 0 Å². The highest BCUT2D eigenvalue weighted by atomic mass is 35.5. The number of fused-ring (bicyclic) bond motifs is 1. The highest BCUT2D eigenvalue weighted by Gasteiger charge is 2.33. The van der Waals surface area contributed by atoms with Gasteiger partial charge in [0, 0.05) is 28.2 Å². The molecule has 0 spiro atoms. The predicted molar refractivity (Wildman–Crippen MR) is 137 cm³/mol. The van der Waals surface area contributed by atoms with Crippen molar-refractivity contribution in [3.63, 3.8) is 0 Å². The third-order valence-electron chi connectivity index (χ3n) is 5.34. The molecule has 0 atom stereocenters. The number of pyridine rings is 2. The molecule has 3 aromatic heterocycles. The van der Waals surface area contributed by atoms with E-state index in [2.05, 4.69) is 15.1 Å². The molecule has 0 unspecified atom stereocenters. The van der Waals surface area contributed by atoms with Gasteiger partial charge < -0.3 is 14.2 Å². The van der Waals surface area contributed by atoms with Gasteiger partial charge in [-0.05, 0) is 53.9 Å². The molecule has 1 N–H and O–H groups in total. The van der Waals surface area contributed by atoms with Gasteiger partial charge in [0.2, 0.25) is 11.4 Å². The minimum atomic E-state index is -4.36. The van der Waals surface area contributed by atoms with Crippen molar-refractivity contribution in [2.75, 3.05) is 11.4 Å². The lowest BCUT2D eigenvalue weighted by atomic mass is 10.1. The zero-order valence-corrected chi connectivity index (χ0v) is 21.1. The Balaban J connectivity index is 1.71. The highest BCUT2D eigenvalue weighted by molar-refractivity contribution is 7.93. The van der Waals surface area contributed by atoms with E-state index in [1.165, 1.54) is 68.0 Å². The molecule has 37 heavy (non-hydrogen) atoms. The molecule has 0 aliphatic carbocycles. The average molecular weight is 561 g/mol. The van der Waals surface area contributed by atoms with E-state index in [0.717, 1.165) is 10.4 Å². The van der Waals surface area contributed by atoms with E-state index in [1.54, 1.807) is 0 Å². The first-order valence-electron chi connectivity index (χ1n) is 10.5. The maximum atomic E-state index is 14.0. The van der Waals surface area contributed by atoms with Crippen LogP contribution in [0.2, 0.25) is 10.0 Å². The van der Waals surface area contributed by atoms with Gasteiger partial charge >= 0.3 is 0 Å². The second-order valence-electron chi connectivity index (χ2n) is 7.70. The van der Waals surface area contributed by atoms with Crippen LogP contribution < -0.4 is 14.6 Å². The molecule has 0 aliphatic rings. The Morgan fingerprint density at radius 3 is 2.57 bits per heavy atom. The van der Waals surface area contributed by atoms with Crippen molar-refractivity contribution in [1.82, 2.24) is 15.1 Å². The Morgan fingerprint density at radius 1 is 1.05 bits per heavy atom. The largest absolute Gasteiger partial charge is 0.479 e. The zero-order valence-electron chi connectivity index (χ0n) is 18.8. The van der Waals surface area contributed by atoms with Crippen molar-refractivity contribution >= 4 is 55.6 Å². The molecule has 0 fully saturated rings. The number of nitrogens with one attached hydrogen (secondary N) is 1. The Hall–Kier alpha value is -3.93. The number of halogens is 3. The summed E-state index contributed by atoms with van der Waals surface area (Å²) in [5, 5.41) is 4.41. The smallest absolute Gasteiger partial charge is 0.270 e. The molecule has 0 amide bonds. The number of anilines is 2. The van der Waals surface area contributed by atoms with Crippen molar-refractivity contribution in [3.05, 3.63) is 93.1 Å². The number of benzene rings is 2. The fourth-order valence-corrected chi connectivity index (χ4v) is 5.67. The number of hydrogen-bond donors (Lipinski definition) is 1. The fraction of sp³-hybridized carbons (Fsp3) is 0.0417. The van der Waals surface area contributed by atoms with Crippen LogP contribution in [0.5, 0.6) is 5.88 Å². The average Bonchev–Trinajstić information content (AvgIpc) is 3.37. The first-order chi connectivity index (χ1) is 17.7. The normalized spacial score (nSPS) is 11.6. The number of aromatic nitrogens is 3.